The van der Waals surface area contributed by atoms with E-state index in [0.29, 0.717) is 6.42 Å². The van der Waals surface area contributed by atoms with Crippen LogP contribution in [-0.4, -0.2) is 22.2 Å². The molecular formula is C18H26N2O. The van der Waals surface area contributed by atoms with Crippen LogP contribution in [-0.2, 0) is 11.3 Å². The molecule has 2 rings (SSSR count). The average Bonchev–Trinajstić information content (AvgIpc) is 2.42. The third kappa shape index (κ3) is 3.84. The van der Waals surface area contributed by atoms with Crippen LogP contribution in [0.1, 0.15) is 52.5 Å². The molecule has 1 unspecified atom stereocenters. The Labute approximate surface area is 128 Å². The van der Waals surface area contributed by atoms with Crippen molar-refractivity contribution in [2.45, 2.75) is 70.6 Å². The van der Waals surface area contributed by atoms with Crippen LogP contribution in [0.25, 0.3) is 0 Å². The Morgan fingerprint density at radius 2 is 1.71 bits per heavy atom. The summed E-state index contributed by atoms with van der Waals surface area (Å²) in [5, 5.41) is 11.5. The van der Waals surface area contributed by atoms with Crippen molar-refractivity contribution in [3.05, 3.63) is 35.9 Å². The molecule has 114 valence electrons. The lowest BCUT2D eigenvalue weighted by Crippen LogP contribution is -2.59. The Balaban J connectivity index is 2.11. The summed E-state index contributed by atoms with van der Waals surface area (Å²) in [6.45, 7) is 8.80. The number of hydrogen-bond acceptors (Lipinski definition) is 3. The van der Waals surface area contributed by atoms with Gasteiger partial charge in [-0.15, -0.1) is 0 Å². The molecule has 21 heavy (non-hydrogen) atoms. The van der Waals surface area contributed by atoms with Crippen molar-refractivity contribution in [2.24, 2.45) is 0 Å². The Morgan fingerprint density at radius 3 is 2.24 bits per heavy atom. The fourth-order valence-electron chi connectivity index (χ4n) is 3.32. The third-order valence-electron chi connectivity index (χ3n) is 4.32. The highest BCUT2D eigenvalue weighted by molar-refractivity contribution is 5.17. The van der Waals surface area contributed by atoms with Crippen molar-refractivity contribution in [1.29, 1.82) is 5.26 Å². The van der Waals surface area contributed by atoms with Crippen molar-refractivity contribution in [1.82, 2.24) is 5.06 Å². The number of nitrogens with zero attached hydrogens (tertiary/aromatic N) is 2. The molecule has 1 aromatic carbocycles. The fraction of sp³-hybridized carbons (Fsp3) is 0.611. The van der Waals surface area contributed by atoms with Crippen LogP contribution in [0.15, 0.2) is 30.3 Å². The van der Waals surface area contributed by atoms with Crippen LogP contribution in [0.5, 0.6) is 0 Å². The normalized spacial score (nSPS) is 22.4. The zero-order valence-electron chi connectivity index (χ0n) is 13.6. The molecule has 3 nitrogen and oxygen atoms in total. The lowest BCUT2D eigenvalue weighted by atomic mass is 9.82. The van der Waals surface area contributed by atoms with E-state index in [1.165, 1.54) is 6.42 Å². The van der Waals surface area contributed by atoms with Crippen molar-refractivity contribution in [2.75, 3.05) is 0 Å². The molecule has 0 amide bonds. The van der Waals surface area contributed by atoms with Gasteiger partial charge in [-0.1, -0.05) is 30.3 Å². The van der Waals surface area contributed by atoms with Crippen LogP contribution < -0.4 is 0 Å². The summed E-state index contributed by atoms with van der Waals surface area (Å²) in [5.74, 6) is 0. The molecule has 1 atom stereocenters. The third-order valence-corrected chi connectivity index (χ3v) is 4.32. The number of nitriles is 1. The van der Waals surface area contributed by atoms with Gasteiger partial charge < -0.3 is 0 Å². The smallest absolute Gasteiger partial charge is 0.169 e. The van der Waals surface area contributed by atoms with E-state index in [0.717, 1.165) is 18.4 Å². The highest BCUT2D eigenvalue weighted by Crippen LogP contribution is 2.38. The van der Waals surface area contributed by atoms with E-state index >= 15 is 0 Å². The monoisotopic (exact) mass is 286 g/mol. The van der Waals surface area contributed by atoms with Gasteiger partial charge in [-0.25, -0.2) is 0 Å². The molecule has 1 heterocycles. The van der Waals surface area contributed by atoms with Gasteiger partial charge in [-0.3, -0.25) is 4.84 Å². The van der Waals surface area contributed by atoms with Crippen LogP contribution >= 0.6 is 0 Å². The molecular weight excluding hydrogens is 260 g/mol. The first-order valence-corrected chi connectivity index (χ1v) is 7.76. The van der Waals surface area contributed by atoms with Crippen LogP contribution in [0.4, 0.5) is 0 Å². The van der Waals surface area contributed by atoms with Crippen LogP contribution in [0, 0.1) is 11.3 Å². The molecule has 1 aliphatic heterocycles. The molecule has 1 aliphatic rings. The van der Waals surface area contributed by atoms with Crippen LogP contribution in [0.3, 0.4) is 0 Å². The molecule has 0 radical (unpaired) electrons. The number of piperidine rings is 1. The second-order valence-corrected chi connectivity index (χ2v) is 7.19. The van der Waals surface area contributed by atoms with Crippen molar-refractivity contribution in [3.63, 3.8) is 0 Å². The number of benzene rings is 1. The van der Waals surface area contributed by atoms with Crippen LogP contribution in [0.2, 0.25) is 0 Å². The fourth-order valence-corrected chi connectivity index (χ4v) is 3.32. The molecule has 1 saturated heterocycles. The zero-order valence-corrected chi connectivity index (χ0v) is 13.6. The maximum absolute atomic E-state index is 9.46. The van der Waals surface area contributed by atoms with Crippen molar-refractivity contribution >= 4 is 0 Å². The summed E-state index contributed by atoms with van der Waals surface area (Å²) in [7, 11) is 0. The van der Waals surface area contributed by atoms with E-state index in [4.69, 9.17) is 4.84 Å². The Morgan fingerprint density at radius 1 is 1.14 bits per heavy atom. The zero-order chi connectivity index (χ0) is 15.5. The van der Waals surface area contributed by atoms with Gasteiger partial charge in [0.05, 0.1) is 6.07 Å². The van der Waals surface area contributed by atoms with Gasteiger partial charge in [0.1, 0.15) is 0 Å². The Hall–Kier alpha value is -1.37. The molecule has 1 aromatic rings. The van der Waals surface area contributed by atoms with E-state index < -0.39 is 6.10 Å². The Bertz CT molecular complexity index is 486. The summed E-state index contributed by atoms with van der Waals surface area (Å²) >= 11 is 0. The number of hydrogen-bond donors (Lipinski definition) is 0. The molecule has 3 heteroatoms. The van der Waals surface area contributed by atoms with Gasteiger partial charge in [-0.2, -0.15) is 10.3 Å². The van der Waals surface area contributed by atoms with Gasteiger partial charge in [0, 0.05) is 17.5 Å². The first-order chi connectivity index (χ1) is 9.85. The standard InChI is InChI=1S/C18H26N2O/c1-17(2)11-8-12-18(3,4)20(17)21-16(14-19)13-15-9-6-5-7-10-15/h5-7,9-10,16H,8,11-13H2,1-4H3. The topological polar surface area (TPSA) is 36.3 Å². The first kappa shape index (κ1) is 16.0. The highest BCUT2D eigenvalue weighted by atomic mass is 16.7. The SMILES string of the molecule is CC1(C)CCCC(C)(C)N1OC(C#N)Cc1ccccc1. The summed E-state index contributed by atoms with van der Waals surface area (Å²) in [5.41, 5.74) is 1.07. The predicted molar refractivity (Wildman–Crippen MR) is 84.5 cm³/mol. The first-order valence-electron chi connectivity index (χ1n) is 7.76. The minimum Gasteiger partial charge on any atom is -0.279 e. The largest absolute Gasteiger partial charge is 0.279 e. The summed E-state index contributed by atoms with van der Waals surface area (Å²) in [6, 6.07) is 12.4. The molecule has 0 aliphatic carbocycles. The number of hydroxylamine groups is 2. The van der Waals surface area contributed by atoms with Gasteiger partial charge in [0.25, 0.3) is 0 Å². The van der Waals surface area contributed by atoms with Gasteiger partial charge in [0.15, 0.2) is 6.10 Å². The minimum atomic E-state index is -0.441. The van der Waals surface area contributed by atoms with Crippen molar-refractivity contribution < 1.29 is 4.84 Å². The van der Waals surface area contributed by atoms with E-state index in [2.05, 4.69) is 38.8 Å². The quantitative estimate of drug-likeness (QED) is 0.836. The lowest BCUT2D eigenvalue weighted by molar-refractivity contribution is -0.294. The molecule has 0 bridgehead atoms. The maximum Gasteiger partial charge on any atom is 0.169 e. The summed E-state index contributed by atoms with van der Waals surface area (Å²) < 4.78 is 0. The van der Waals surface area contributed by atoms with E-state index in [1.54, 1.807) is 0 Å². The minimum absolute atomic E-state index is 0.0342. The summed E-state index contributed by atoms with van der Waals surface area (Å²) in [6.07, 6.45) is 3.58. The second-order valence-electron chi connectivity index (χ2n) is 7.19. The average molecular weight is 286 g/mol. The maximum atomic E-state index is 9.46. The van der Waals surface area contributed by atoms with E-state index in [9.17, 15) is 5.26 Å². The molecule has 1 fully saturated rings. The van der Waals surface area contributed by atoms with E-state index in [-0.39, 0.29) is 11.1 Å². The van der Waals surface area contributed by atoms with E-state index in [1.807, 2.05) is 30.3 Å². The Kier molecular flexibility index (Phi) is 4.70. The second kappa shape index (κ2) is 6.17. The molecule has 0 N–H and O–H groups in total. The van der Waals surface area contributed by atoms with Crippen molar-refractivity contribution in [3.8, 4) is 6.07 Å². The van der Waals surface area contributed by atoms with Gasteiger partial charge in [0.2, 0.25) is 0 Å². The molecule has 0 spiro atoms. The lowest BCUT2D eigenvalue weighted by Gasteiger charge is -2.51. The summed E-state index contributed by atoms with van der Waals surface area (Å²) in [4.78, 5) is 6.15. The molecule has 0 saturated carbocycles. The highest BCUT2D eigenvalue weighted by Gasteiger charge is 2.43. The van der Waals surface area contributed by atoms with Gasteiger partial charge >= 0.3 is 0 Å². The van der Waals surface area contributed by atoms with Gasteiger partial charge in [-0.05, 0) is 52.5 Å². The predicted octanol–water partition coefficient (Wildman–Crippen LogP) is 4.10. The number of rotatable bonds is 4. The molecule has 0 aromatic heterocycles.